The Hall–Kier alpha value is -2.92. The van der Waals surface area contributed by atoms with Gasteiger partial charge in [-0.1, -0.05) is 31.1 Å². The van der Waals surface area contributed by atoms with Gasteiger partial charge in [0.05, 0.1) is 5.56 Å². The van der Waals surface area contributed by atoms with E-state index in [0.29, 0.717) is 23.0 Å². The summed E-state index contributed by atoms with van der Waals surface area (Å²) in [7, 11) is -1.33. The first-order valence-electron chi connectivity index (χ1n) is 9.40. The molecule has 9 nitrogen and oxygen atoms in total. The Bertz CT molecular complexity index is 977. The van der Waals surface area contributed by atoms with Crippen LogP contribution in [-0.2, 0) is 16.1 Å². The minimum Gasteiger partial charge on any atom is -0.535 e. The van der Waals surface area contributed by atoms with Crippen molar-refractivity contribution in [1.82, 2.24) is 4.98 Å². The first-order valence-corrected chi connectivity index (χ1v) is 10.3. The molecule has 0 unspecified atom stereocenters. The Morgan fingerprint density at radius 1 is 1.47 bits per heavy atom. The monoisotopic (exact) mass is 431 g/mol. The van der Waals surface area contributed by atoms with Crippen LogP contribution in [-0.4, -0.2) is 46.3 Å². The molecule has 11 heteroatoms. The maximum Gasteiger partial charge on any atom is 0.526 e. The molecule has 1 aliphatic heterocycles. The minimum atomic E-state index is -1.33. The molecule has 1 aliphatic rings. The highest BCUT2D eigenvalue weighted by atomic mass is 32.1. The van der Waals surface area contributed by atoms with E-state index in [1.54, 1.807) is 17.5 Å². The number of nitrogen functional groups attached to an aromatic ring is 1. The number of hydrogen-bond acceptors (Lipinski definition) is 9. The standard InChI is InChI=1S/C19H22BN3O6S/c1-10(2)8-28-23-16(14-9-30-19(21)22-14)15(24)7-12-6-11-4-3-5-13(18(25)26)17(11)29-20(12)27/h3-5,9-10,12,27H,6-8H2,1-2H3,(H2,21,22)(H,25,26)/b23-16-/t12-/m1/s1. The van der Waals surface area contributed by atoms with Gasteiger partial charge in [-0.3, -0.25) is 4.79 Å². The van der Waals surface area contributed by atoms with Crippen molar-refractivity contribution in [3.63, 3.8) is 0 Å². The zero-order chi connectivity index (χ0) is 21.8. The van der Waals surface area contributed by atoms with E-state index in [1.807, 2.05) is 13.8 Å². The van der Waals surface area contributed by atoms with E-state index in [9.17, 15) is 19.7 Å². The van der Waals surface area contributed by atoms with E-state index in [2.05, 4.69) is 10.1 Å². The number of thiazole rings is 1. The summed E-state index contributed by atoms with van der Waals surface area (Å²) in [5.74, 6) is -1.76. The summed E-state index contributed by atoms with van der Waals surface area (Å²) in [6.07, 6.45) is 0.196. The second kappa shape index (κ2) is 9.27. The topological polar surface area (TPSA) is 144 Å². The highest BCUT2D eigenvalue weighted by Gasteiger charge is 2.38. The highest BCUT2D eigenvalue weighted by Crippen LogP contribution is 2.36. The normalized spacial score (nSPS) is 16.2. The van der Waals surface area contributed by atoms with Crippen LogP contribution in [0.25, 0.3) is 0 Å². The number of ketones is 1. The summed E-state index contributed by atoms with van der Waals surface area (Å²) in [6, 6.07) is 4.72. The summed E-state index contributed by atoms with van der Waals surface area (Å²) < 4.78 is 5.46. The molecule has 4 N–H and O–H groups in total. The van der Waals surface area contributed by atoms with E-state index < -0.39 is 18.9 Å². The molecule has 2 aromatic rings. The van der Waals surface area contributed by atoms with Crippen molar-refractivity contribution in [3.8, 4) is 5.75 Å². The zero-order valence-corrected chi connectivity index (χ0v) is 17.4. The average molecular weight is 431 g/mol. The smallest absolute Gasteiger partial charge is 0.526 e. The molecule has 0 saturated heterocycles. The van der Waals surface area contributed by atoms with Crippen molar-refractivity contribution in [2.45, 2.75) is 32.5 Å². The molecule has 30 heavy (non-hydrogen) atoms. The number of nitrogens with zero attached hydrogens (tertiary/aromatic N) is 2. The summed E-state index contributed by atoms with van der Waals surface area (Å²) in [5, 5.41) is 25.6. The van der Waals surface area contributed by atoms with Crippen LogP contribution < -0.4 is 10.4 Å². The summed E-state index contributed by atoms with van der Waals surface area (Å²) in [6.45, 7) is 4.24. The lowest BCUT2D eigenvalue weighted by atomic mass is 9.64. The lowest BCUT2D eigenvalue weighted by Gasteiger charge is -2.28. The number of carboxylic acid groups (broad SMARTS) is 1. The molecule has 0 saturated carbocycles. The Balaban J connectivity index is 1.80. The number of para-hydroxylation sites is 1. The van der Waals surface area contributed by atoms with Gasteiger partial charge in [-0.2, -0.15) is 0 Å². The minimum absolute atomic E-state index is 0.0286. The molecular formula is C19H22BN3O6S. The third-order valence-electron chi connectivity index (χ3n) is 4.49. The van der Waals surface area contributed by atoms with Crippen LogP contribution in [0.5, 0.6) is 5.75 Å². The Kier molecular flexibility index (Phi) is 6.73. The van der Waals surface area contributed by atoms with E-state index in [-0.39, 0.29) is 41.6 Å². The molecule has 2 heterocycles. The number of rotatable bonds is 8. The Morgan fingerprint density at radius 2 is 2.23 bits per heavy atom. The molecule has 1 aromatic heterocycles. The first-order chi connectivity index (χ1) is 14.3. The van der Waals surface area contributed by atoms with Gasteiger partial charge in [0.1, 0.15) is 18.1 Å². The van der Waals surface area contributed by atoms with Crippen molar-refractivity contribution in [2.75, 3.05) is 12.3 Å². The molecular weight excluding hydrogens is 409 g/mol. The number of anilines is 1. The maximum atomic E-state index is 13.0. The number of Topliss-reactive ketones (excluding diaryl/α,β-unsaturated/α-hetero) is 1. The molecule has 0 amide bonds. The predicted molar refractivity (Wildman–Crippen MR) is 113 cm³/mol. The van der Waals surface area contributed by atoms with Gasteiger partial charge in [0, 0.05) is 17.6 Å². The Morgan fingerprint density at radius 3 is 2.87 bits per heavy atom. The van der Waals surface area contributed by atoms with Crippen LogP contribution in [0.15, 0.2) is 28.7 Å². The fourth-order valence-electron chi connectivity index (χ4n) is 3.05. The SMILES string of the molecule is CC(C)CO/N=C(\C(=O)C[C@H]1Cc2cccc(C(=O)O)c2OB1O)c1csc(N)n1. The number of aromatic nitrogens is 1. The van der Waals surface area contributed by atoms with Crippen LogP contribution in [0.4, 0.5) is 5.13 Å². The summed E-state index contributed by atoms with van der Waals surface area (Å²) in [4.78, 5) is 33.8. The lowest BCUT2D eigenvalue weighted by Crippen LogP contribution is -2.37. The van der Waals surface area contributed by atoms with Gasteiger partial charge >= 0.3 is 13.1 Å². The van der Waals surface area contributed by atoms with E-state index in [0.717, 1.165) is 0 Å². The quantitative estimate of drug-likeness (QED) is 0.328. The third-order valence-corrected chi connectivity index (χ3v) is 5.16. The molecule has 1 aromatic carbocycles. The molecule has 3 rings (SSSR count). The van der Waals surface area contributed by atoms with Crippen molar-refractivity contribution in [3.05, 3.63) is 40.4 Å². The van der Waals surface area contributed by atoms with Crippen molar-refractivity contribution in [2.24, 2.45) is 11.1 Å². The van der Waals surface area contributed by atoms with Crippen molar-refractivity contribution < 1.29 is 29.2 Å². The third kappa shape index (κ3) is 4.97. The van der Waals surface area contributed by atoms with E-state index in [1.165, 1.54) is 17.4 Å². The van der Waals surface area contributed by atoms with Gasteiger partial charge in [0.2, 0.25) is 0 Å². The van der Waals surface area contributed by atoms with Gasteiger partial charge in [0.25, 0.3) is 0 Å². The molecule has 0 radical (unpaired) electrons. The summed E-state index contributed by atoms with van der Waals surface area (Å²) >= 11 is 1.18. The highest BCUT2D eigenvalue weighted by molar-refractivity contribution is 7.13. The zero-order valence-electron chi connectivity index (χ0n) is 16.6. The number of nitrogens with two attached hydrogens (primary N) is 1. The fraction of sp³-hybridized carbons (Fsp3) is 0.368. The van der Waals surface area contributed by atoms with Gasteiger partial charge in [0.15, 0.2) is 16.6 Å². The molecule has 0 bridgehead atoms. The summed E-state index contributed by atoms with van der Waals surface area (Å²) in [5.41, 5.74) is 6.61. The van der Waals surface area contributed by atoms with Crippen LogP contribution in [0, 0.1) is 5.92 Å². The number of carbonyl (C=O) groups excluding carboxylic acids is 1. The number of carbonyl (C=O) groups is 2. The van der Waals surface area contributed by atoms with Gasteiger partial charge in [-0.25, -0.2) is 9.78 Å². The number of fused-ring (bicyclic) bond motifs is 1. The number of oxime groups is 1. The van der Waals surface area contributed by atoms with Crippen molar-refractivity contribution >= 4 is 41.1 Å². The number of carboxylic acids is 1. The number of benzene rings is 1. The van der Waals surface area contributed by atoms with Gasteiger partial charge in [-0.15, -0.1) is 11.3 Å². The largest absolute Gasteiger partial charge is 0.535 e. The molecule has 0 fully saturated rings. The predicted octanol–water partition coefficient (Wildman–Crippen LogP) is 2.25. The van der Waals surface area contributed by atoms with Crippen LogP contribution >= 0.6 is 11.3 Å². The van der Waals surface area contributed by atoms with E-state index in [4.69, 9.17) is 15.2 Å². The van der Waals surface area contributed by atoms with Crippen LogP contribution in [0.3, 0.4) is 0 Å². The van der Waals surface area contributed by atoms with Crippen molar-refractivity contribution in [1.29, 1.82) is 0 Å². The second-order valence-electron chi connectivity index (χ2n) is 7.40. The maximum absolute atomic E-state index is 13.0. The number of hydrogen-bond donors (Lipinski definition) is 3. The van der Waals surface area contributed by atoms with Gasteiger partial charge in [-0.05, 0) is 24.0 Å². The molecule has 0 aliphatic carbocycles. The van der Waals surface area contributed by atoms with Crippen LogP contribution in [0.2, 0.25) is 5.82 Å². The Labute approximate surface area is 177 Å². The second-order valence-corrected chi connectivity index (χ2v) is 8.29. The van der Waals surface area contributed by atoms with Gasteiger partial charge < -0.3 is 25.4 Å². The molecule has 1 atom stereocenters. The first kappa shape index (κ1) is 21.8. The fourth-order valence-corrected chi connectivity index (χ4v) is 3.60. The molecule has 0 spiro atoms. The van der Waals surface area contributed by atoms with Crippen LogP contribution in [0.1, 0.15) is 41.9 Å². The van der Waals surface area contributed by atoms with E-state index >= 15 is 0 Å². The lowest BCUT2D eigenvalue weighted by molar-refractivity contribution is -0.113. The number of aromatic carboxylic acids is 1. The molecule has 158 valence electrons. The average Bonchev–Trinajstić information content (AvgIpc) is 3.10.